The van der Waals surface area contributed by atoms with Gasteiger partial charge in [0.25, 0.3) is 0 Å². The molecule has 0 amide bonds. The maximum Gasteiger partial charge on any atom is 0.240 e. The summed E-state index contributed by atoms with van der Waals surface area (Å²) < 4.78 is 32.2. The SMILES string of the molecule is NC1CCC(OCCNS(=O)(=O)c2ccc(Cl)cc2)CC1. The monoisotopic (exact) mass is 332 g/mol. The third-order valence-electron chi connectivity index (χ3n) is 3.59. The third-order valence-corrected chi connectivity index (χ3v) is 5.32. The average Bonchev–Trinajstić information content (AvgIpc) is 2.46. The van der Waals surface area contributed by atoms with Crippen molar-refractivity contribution in [1.82, 2.24) is 4.72 Å². The van der Waals surface area contributed by atoms with E-state index >= 15 is 0 Å². The Kier molecular flexibility index (Phi) is 6.01. The highest BCUT2D eigenvalue weighted by Crippen LogP contribution is 2.19. The van der Waals surface area contributed by atoms with Crippen LogP contribution in [0.4, 0.5) is 0 Å². The van der Waals surface area contributed by atoms with Crippen LogP contribution in [-0.2, 0) is 14.8 Å². The van der Waals surface area contributed by atoms with Gasteiger partial charge in [-0.05, 0) is 49.9 Å². The number of nitrogens with two attached hydrogens (primary N) is 1. The lowest BCUT2D eigenvalue weighted by Gasteiger charge is -2.26. The second-order valence-corrected chi connectivity index (χ2v) is 7.46. The van der Waals surface area contributed by atoms with Gasteiger partial charge >= 0.3 is 0 Å². The minimum absolute atomic E-state index is 0.199. The highest BCUT2D eigenvalue weighted by Gasteiger charge is 2.19. The van der Waals surface area contributed by atoms with Gasteiger partial charge in [-0.3, -0.25) is 0 Å². The Morgan fingerprint density at radius 2 is 1.81 bits per heavy atom. The molecule has 1 saturated carbocycles. The van der Waals surface area contributed by atoms with E-state index in [0.717, 1.165) is 25.7 Å². The quantitative estimate of drug-likeness (QED) is 0.780. The first-order valence-corrected chi connectivity index (χ1v) is 8.96. The highest BCUT2D eigenvalue weighted by atomic mass is 35.5. The molecule has 0 bridgehead atoms. The molecule has 3 N–H and O–H groups in total. The largest absolute Gasteiger partial charge is 0.377 e. The van der Waals surface area contributed by atoms with Crippen LogP contribution in [0.3, 0.4) is 0 Å². The second-order valence-electron chi connectivity index (χ2n) is 5.26. The molecule has 7 heteroatoms. The lowest BCUT2D eigenvalue weighted by atomic mass is 9.94. The van der Waals surface area contributed by atoms with Crippen molar-refractivity contribution in [3.8, 4) is 0 Å². The molecule has 21 heavy (non-hydrogen) atoms. The predicted octanol–water partition coefficient (Wildman–Crippen LogP) is 1.90. The van der Waals surface area contributed by atoms with Crippen molar-refractivity contribution >= 4 is 21.6 Å². The third kappa shape index (κ3) is 5.23. The number of hydrogen-bond acceptors (Lipinski definition) is 4. The van der Waals surface area contributed by atoms with E-state index in [9.17, 15) is 8.42 Å². The lowest BCUT2D eigenvalue weighted by Crippen LogP contribution is -2.33. The number of benzene rings is 1. The molecule has 5 nitrogen and oxygen atoms in total. The first kappa shape index (κ1) is 16.7. The molecule has 0 spiro atoms. The van der Waals surface area contributed by atoms with Gasteiger partial charge in [-0.2, -0.15) is 0 Å². The van der Waals surface area contributed by atoms with Crippen LogP contribution in [0.25, 0.3) is 0 Å². The minimum atomic E-state index is -3.50. The van der Waals surface area contributed by atoms with Crippen molar-refractivity contribution in [2.75, 3.05) is 13.2 Å². The van der Waals surface area contributed by atoms with Gasteiger partial charge in [0.15, 0.2) is 0 Å². The Morgan fingerprint density at radius 3 is 2.43 bits per heavy atom. The summed E-state index contributed by atoms with van der Waals surface area (Å²) in [5, 5.41) is 0.507. The van der Waals surface area contributed by atoms with Crippen LogP contribution in [0, 0.1) is 0 Å². The molecular weight excluding hydrogens is 312 g/mol. The Morgan fingerprint density at radius 1 is 1.19 bits per heavy atom. The normalized spacial score (nSPS) is 23.1. The molecule has 0 radical (unpaired) electrons. The van der Waals surface area contributed by atoms with Crippen molar-refractivity contribution in [1.29, 1.82) is 0 Å². The maximum atomic E-state index is 12.0. The summed E-state index contributed by atoms with van der Waals surface area (Å²) in [4.78, 5) is 0.204. The lowest BCUT2D eigenvalue weighted by molar-refractivity contribution is 0.0287. The maximum absolute atomic E-state index is 12.0. The average molecular weight is 333 g/mol. The van der Waals surface area contributed by atoms with E-state index in [1.54, 1.807) is 12.1 Å². The van der Waals surface area contributed by atoms with Gasteiger partial charge < -0.3 is 10.5 Å². The van der Waals surface area contributed by atoms with Crippen LogP contribution in [0.1, 0.15) is 25.7 Å². The van der Waals surface area contributed by atoms with Crippen LogP contribution in [-0.4, -0.2) is 33.7 Å². The van der Waals surface area contributed by atoms with Gasteiger partial charge in [0, 0.05) is 17.6 Å². The number of hydrogen-bond donors (Lipinski definition) is 2. The van der Waals surface area contributed by atoms with Gasteiger partial charge in [0.1, 0.15) is 0 Å². The van der Waals surface area contributed by atoms with Crippen molar-refractivity contribution < 1.29 is 13.2 Å². The predicted molar refractivity (Wildman–Crippen MR) is 82.8 cm³/mol. The van der Waals surface area contributed by atoms with Crippen molar-refractivity contribution in [3.63, 3.8) is 0 Å². The zero-order chi connectivity index (χ0) is 15.3. The number of sulfonamides is 1. The summed E-state index contributed by atoms with van der Waals surface area (Å²) in [5.41, 5.74) is 5.83. The van der Waals surface area contributed by atoms with Gasteiger partial charge in [-0.15, -0.1) is 0 Å². The molecule has 2 rings (SSSR count). The number of nitrogens with one attached hydrogen (secondary N) is 1. The molecule has 1 aliphatic rings. The molecule has 1 aromatic rings. The van der Waals surface area contributed by atoms with E-state index < -0.39 is 10.0 Å². The molecule has 0 heterocycles. The smallest absolute Gasteiger partial charge is 0.240 e. The van der Waals surface area contributed by atoms with E-state index in [-0.39, 0.29) is 23.6 Å². The highest BCUT2D eigenvalue weighted by molar-refractivity contribution is 7.89. The van der Waals surface area contributed by atoms with Gasteiger partial charge in [0.2, 0.25) is 10.0 Å². The van der Waals surface area contributed by atoms with Crippen LogP contribution in [0.2, 0.25) is 5.02 Å². The first-order valence-electron chi connectivity index (χ1n) is 7.10. The number of halogens is 1. The first-order chi connectivity index (χ1) is 9.97. The fourth-order valence-corrected chi connectivity index (χ4v) is 3.49. The molecule has 0 aliphatic heterocycles. The van der Waals surface area contributed by atoms with Crippen molar-refractivity contribution in [2.45, 2.75) is 42.7 Å². The van der Waals surface area contributed by atoms with Gasteiger partial charge in [-0.1, -0.05) is 11.6 Å². The van der Waals surface area contributed by atoms with Gasteiger partial charge in [-0.25, -0.2) is 13.1 Å². The van der Waals surface area contributed by atoms with E-state index in [2.05, 4.69) is 4.72 Å². The Labute approximate surface area is 130 Å². The van der Waals surface area contributed by atoms with Crippen LogP contribution >= 0.6 is 11.6 Å². The van der Waals surface area contributed by atoms with Crippen LogP contribution in [0.15, 0.2) is 29.2 Å². The molecule has 1 aromatic carbocycles. The molecule has 0 unspecified atom stereocenters. The molecular formula is C14H21ClN2O3S. The summed E-state index contributed by atoms with van der Waals surface area (Å²) in [6.07, 6.45) is 4.04. The topological polar surface area (TPSA) is 81.4 Å². The van der Waals surface area contributed by atoms with Crippen LogP contribution in [0.5, 0.6) is 0 Å². The molecule has 0 aromatic heterocycles. The number of ether oxygens (including phenoxy) is 1. The summed E-state index contributed by atoms with van der Waals surface area (Å²) in [6.45, 7) is 0.625. The summed E-state index contributed by atoms with van der Waals surface area (Å²) in [6, 6.07) is 6.35. The summed E-state index contributed by atoms with van der Waals surface area (Å²) in [7, 11) is -3.50. The van der Waals surface area contributed by atoms with E-state index in [1.165, 1.54) is 12.1 Å². The fraction of sp³-hybridized carbons (Fsp3) is 0.571. The molecule has 118 valence electrons. The fourth-order valence-electron chi connectivity index (χ4n) is 2.35. The second kappa shape index (κ2) is 7.56. The Balaban J connectivity index is 1.73. The summed E-state index contributed by atoms with van der Waals surface area (Å²) >= 11 is 5.74. The minimum Gasteiger partial charge on any atom is -0.377 e. The van der Waals surface area contributed by atoms with E-state index in [4.69, 9.17) is 22.1 Å². The molecule has 1 aliphatic carbocycles. The van der Waals surface area contributed by atoms with E-state index in [0.29, 0.717) is 11.6 Å². The van der Waals surface area contributed by atoms with E-state index in [1.807, 2.05) is 0 Å². The molecule has 1 fully saturated rings. The number of rotatable bonds is 6. The zero-order valence-electron chi connectivity index (χ0n) is 11.8. The standard InChI is InChI=1S/C14H21ClN2O3S/c15-11-1-7-14(8-2-11)21(18,19)17-9-10-20-13-5-3-12(16)4-6-13/h1-2,7-8,12-13,17H,3-6,9-10,16H2. The van der Waals surface area contributed by atoms with Gasteiger partial charge in [0.05, 0.1) is 17.6 Å². The van der Waals surface area contributed by atoms with Crippen LogP contribution < -0.4 is 10.5 Å². The Bertz CT molecular complexity index is 540. The zero-order valence-corrected chi connectivity index (χ0v) is 13.4. The van der Waals surface area contributed by atoms with Crippen molar-refractivity contribution in [2.24, 2.45) is 5.73 Å². The Hall–Kier alpha value is -0.660. The molecule has 0 saturated heterocycles. The summed E-state index contributed by atoms with van der Waals surface area (Å²) in [5.74, 6) is 0. The molecule has 0 atom stereocenters. The van der Waals surface area contributed by atoms with Crippen molar-refractivity contribution in [3.05, 3.63) is 29.3 Å².